The second kappa shape index (κ2) is 5.57. The van der Waals surface area contributed by atoms with Crippen molar-refractivity contribution in [3.05, 3.63) is 56.1 Å². The highest BCUT2D eigenvalue weighted by Crippen LogP contribution is 2.34. The molecular weight excluding hydrogens is 365 g/mol. The van der Waals surface area contributed by atoms with Crippen molar-refractivity contribution in [1.82, 2.24) is 0 Å². The number of phenols is 1. The van der Waals surface area contributed by atoms with Crippen LogP contribution in [-0.2, 0) is 0 Å². The van der Waals surface area contributed by atoms with Gasteiger partial charge in [-0.05, 0) is 52.9 Å². The van der Waals surface area contributed by atoms with E-state index in [0.717, 1.165) is 13.4 Å². The average molecular weight is 373 g/mol. The quantitative estimate of drug-likeness (QED) is 0.501. The van der Waals surface area contributed by atoms with Crippen LogP contribution < -0.4 is 0 Å². The molecule has 0 bridgehead atoms. The molecule has 0 unspecified atom stereocenters. The molecule has 18 heavy (non-hydrogen) atoms. The Kier molecular flexibility index (Phi) is 4.07. The third kappa shape index (κ3) is 3.14. The molecule has 92 valence electrons. The van der Waals surface area contributed by atoms with Gasteiger partial charge in [0, 0.05) is 25.5 Å². The molecule has 2 rings (SSSR count). The molecule has 0 aliphatic carbocycles. The van der Waals surface area contributed by atoms with E-state index >= 15 is 0 Å². The highest BCUT2D eigenvalue weighted by atomic mass is 127. The van der Waals surface area contributed by atoms with Gasteiger partial charge in [0.15, 0.2) is 5.75 Å². The Hall–Kier alpha value is -1.28. The summed E-state index contributed by atoms with van der Waals surface area (Å²) in [7, 11) is 0. The van der Waals surface area contributed by atoms with Gasteiger partial charge in [-0.25, -0.2) is 0 Å². The molecule has 0 amide bonds. The van der Waals surface area contributed by atoms with Gasteiger partial charge >= 0.3 is 5.69 Å². The molecule has 0 aliphatic heterocycles. The van der Waals surface area contributed by atoms with Crippen LogP contribution in [0.25, 0.3) is 0 Å². The predicted molar refractivity (Wildman–Crippen MR) is 78.0 cm³/mol. The Morgan fingerprint density at radius 1 is 1.11 bits per heavy atom. The van der Waals surface area contributed by atoms with E-state index in [9.17, 15) is 15.2 Å². The van der Waals surface area contributed by atoms with E-state index < -0.39 is 4.92 Å². The maximum absolute atomic E-state index is 10.6. The van der Waals surface area contributed by atoms with Gasteiger partial charge in [-0.2, -0.15) is 0 Å². The molecule has 2 aromatic carbocycles. The second-order valence-electron chi connectivity index (χ2n) is 3.46. The lowest BCUT2D eigenvalue weighted by atomic mass is 10.3. The van der Waals surface area contributed by atoms with Crippen LogP contribution in [-0.4, -0.2) is 10.0 Å². The number of nitro groups is 1. The maximum Gasteiger partial charge on any atom is 0.310 e. The lowest BCUT2D eigenvalue weighted by Gasteiger charge is -2.03. The minimum atomic E-state index is -0.603. The van der Waals surface area contributed by atoms with Crippen molar-refractivity contribution >= 4 is 40.0 Å². The average Bonchev–Trinajstić information content (AvgIpc) is 2.32. The summed E-state index contributed by atoms with van der Waals surface area (Å²) >= 11 is 3.67. The van der Waals surface area contributed by atoms with Crippen LogP contribution in [0.2, 0.25) is 0 Å². The monoisotopic (exact) mass is 373 g/mol. The van der Waals surface area contributed by atoms with Crippen LogP contribution in [0.3, 0.4) is 0 Å². The highest BCUT2D eigenvalue weighted by molar-refractivity contribution is 14.1. The van der Waals surface area contributed by atoms with E-state index in [-0.39, 0.29) is 11.4 Å². The summed E-state index contributed by atoms with van der Waals surface area (Å²) in [6, 6.07) is 12.2. The zero-order chi connectivity index (χ0) is 13.1. The Bertz CT molecular complexity index is 586. The molecule has 0 fully saturated rings. The standard InChI is InChI=1S/C12H8INO3S/c13-8-1-3-9(4-2-8)18-10-5-6-11(14(16)17)12(15)7-10/h1-7,15H. The zero-order valence-electron chi connectivity index (χ0n) is 9.04. The first-order valence-electron chi connectivity index (χ1n) is 4.97. The smallest absolute Gasteiger partial charge is 0.310 e. The van der Waals surface area contributed by atoms with Crippen molar-refractivity contribution in [2.45, 2.75) is 9.79 Å². The summed E-state index contributed by atoms with van der Waals surface area (Å²) in [5.74, 6) is -0.310. The topological polar surface area (TPSA) is 63.4 Å². The van der Waals surface area contributed by atoms with E-state index in [2.05, 4.69) is 22.6 Å². The number of hydrogen-bond acceptors (Lipinski definition) is 4. The number of aromatic hydroxyl groups is 1. The number of halogens is 1. The minimum Gasteiger partial charge on any atom is -0.502 e. The van der Waals surface area contributed by atoms with Crippen LogP contribution in [0.4, 0.5) is 5.69 Å². The van der Waals surface area contributed by atoms with E-state index in [1.54, 1.807) is 6.07 Å². The van der Waals surface area contributed by atoms with Crippen molar-refractivity contribution in [2.75, 3.05) is 0 Å². The normalized spacial score (nSPS) is 10.3. The third-order valence-corrected chi connectivity index (χ3v) is 3.91. The van der Waals surface area contributed by atoms with Crippen molar-refractivity contribution in [3.63, 3.8) is 0 Å². The van der Waals surface area contributed by atoms with Crippen LogP contribution in [0.5, 0.6) is 5.75 Å². The molecule has 6 heteroatoms. The van der Waals surface area contributed by atoms with Crippen molar-refractivity contribution in [2.24, 2.45) is 0 Å². The summed E-state index contributed by atoms with van der Waals surface area (Å²) in [4.78, 5) is 11.7. The van der Waals surface area contributed by atoms with Crippen LogP contribution >= 0.6 is 34.4 Å². The lowest BCUT2D eigenvalue weighted by molar-refractivity contribution is -0.385. The Morgan fingerprint density at radius 3 is 2.28 bits per heavy atom. The van der Waals surface area contributed by atoms with Gasteiger partial charge in [-0.3, -0.25) is 10.1 Å². The summed E-state index contributed by atoms with van der Waals surface area (Å²) in [5.41, 5.74) is -0.276. The fourth-order valence-electron chi connectivity index (χ4n) is 1.36. The molecule has 0 aromatic heterocycles. The Balaban J connectivity index is 2.22. The first kappa shape index (κ1) is 13.2. The van der Waals surface area contributed by atoms with Gasteiger partial charge in [-0.15, -0.1) is 0 Å². The summed E-state index contributed by atoms with van der Waals surface area (Å²) in [6.45, 7) is 0. The summed E-state index contributed by atoms with van der Waals surface area (Å²) < 4.78 is 1.14. The molecule has 0 saturated heterocycles. The Morgan fingerprint density at radius 2 is 1.72 bits per heavy atom. The first-order valence-corrected chi connectivity index (χ1v) is 6.86. The number of hydrogen-bond donors (Lipinski definition) is 1. The van der Waals surface area contributed by atoms with Crippen molar-refractivity contribution in [1.29, 1.82) is 0 Å². The van der Waals surface area contributed by atoms with Crippen molar-refractivity contribution < 1.29 is 10.0 Å². The summed E-state index contributed by atoms with van der Waals surface area (Å²) in [5, 5.41) is 20.1. The molecule has 0 heterocycles. The summed E-state index contributed by atoms with van der Waals surface area (Å²) in [6.07, 6.45) is 0. The second-order valence-corrected chi connectivity index (χ2v) is 5.86. The predicted octanol–water partition coefficient (Wildman–Crippen LogP) is 4.06. The van der Waals surface area contributed by atoms with Gasteiger partial charge in [0.25, 0.3) is 0 Å². The van der Waals surface area contributed by atoms with Gasteiger partial charge in [0.2, 0.25) is 0 Å². The van der Waals surface area contributed by atoms with E-state index in [1.165, 1.54) is 23.9 Å². The van der Waals surface area contributed by atoms with Crippen LogP contribution in [0.1, 0.15) is 0 Å². The van der Waals surface area contributed by atoms with Gasteiger partial charge in [0.1, 0.15) is 0 Å². The number of benzene rings is 2. The van der Waals surface area contributed by atoms with Crippen LogP contribution in [0, 0.1) is 13.7 Å². The van der Waals surface area contributed by atoms with Gasteiger partial charge in [0.05, 0.1) is 4.92 Å². The SMILES string of the molecule is O=[N+]([O-])c1ccc(Sc2ccc(I)cc2)cc1O. The minimum absolute atomic E-state index is 0.276. The van der Waals surface area contributed by atoms with E-state index in [1.807, 2.05) is 24.3 Å². The lowest BCUT2D eigenvalue weighted by Crippen LogP contribution is -1.88. The fraction of sp³-hybridized carbons (Fsp3) is 0. The van der Waals surface area contributed by atoms with Crippen molar-refractivity contribution in [3.8, 4) is 5.75 Å². The molecule has 0 radical (unpaired) electrons. The Labute approximate surface area is 121 Å². The molecule has 0 aliphatic rings. The zero-order valence-corrected chi connectivity index (χ0v) is 12.0. The fourth-order valence-corrected chi connectivity index (χ4v) is 2.57. The van der Waals surface area contributed by atoms with Gasteiger partial charge < -0.3 is 5.11 Å². The number of phenolic OH excluding ortho intramolecular Hbond substituents is 1. The number of nitrogens with zero attached hydrogens (tertiary/aromatic N) is 1. The van der Waals surface area contributed by atoms with Gasteiger partial charge in [-0.1, -0.05) is 11.8 Å². The molecule has 1 N–H and O–H groups in total. The van der Waals surface area contributed by atoms with Crippen LogP contribution in [0.15, 0.2) is 52.3 Å². The molecule has 4 nitrogen and oxygen atoms in total. The molecule has 0 spiro atoms. The molecule has 0 atom stereocenters. The number of nitro benzene ring substituents is 1. The molecular formula is C12H8INO3S. The maximum atomic E-state index is 10.6. The molecule has 0 saturated carbocycles. The largest absolute Gasteiger partial charge is 0.502 e. The number of rotatable bonds is 3. The van der Waals surface area contributed by atoms with E-state index in [0.29, 0.717) is 0 Å². The van der Waals surface area contributed by atoms with E-state index in [4.69, 9.17) is 0 Å². The molecule has 2 aromatic rings. The highest BCUT2D eigenvalue weighted by Gasteiger charge is 2.13. The first-order chi connectivity index (χ1) is 8.56. The third-order valence-electron chi connectivity index (χ3n) is 2.19.